The standard InChI is InChI=1S/C31H38ClN3O4S/c1-6-7-17-33-31(37)25(5)34(20-26-9-8-10-27(32)19-26)30(36)21-35(29-16-13-23(3)18-24(29)4)40(38,39)28-14-11-22(2)12-15-28/h8-16,18-19,25H,6-7,17,20-21H2,1-5H3,(H,33,37)/t25-/m0/s1. The number of amides is 2. The van der Waals surface area contributed by atoms with Gasteiger partial charge in [0.05, 0.1) is 10.6 Å². The molecular weight excluding hydrogens is 546 g/mol. The molecule has 3 rings (SSSR count). The largest absolute Gasteiger partial charge is 0.354 e. The van der Waals surface area contributed by atoms with E-state index in [1.807, 2.05) is 45.9 Å². The van der Waals surface area contributed by atoms with Gasteiger partial charge in [-0.3, -0.25) is 13.9 Å². The molecule has 1 N–H and O–H groups in total. The van der Waals surface area contributed by atoms with Crippen molar-refractivity contribution in [3.05, 3.63) is 94.0 Å². The summed E-state index contributed by atoms with van der Waals surface area (Å²) in [5, 5.41) is 3.39. The summed E-state index contributed by atoms with van der Waals surface area (Å²) in [5.41, 5.74) is 3.75. The molecule has 1 atom stereocenters. The molecule has 0 heterocycles. The Morgan fingerprint density at radius 2 is 1.62 bits per heavy atom. The van der Waals surface area contributed by atoms with Crippen LogP contribution < -0.4 is 9.62 Å². The number of hydrogen-bond donors (Lipinski definition) is 1. The summed E-state index contributed by atoms with van der Waals surface area (Å²) >= 11 is 6.20. The van der Waals surface area contributed by atoms with Gasteiger partial charge in [-0.25, -0.2) is 8.42 Å². The number of nitrogens with zero attached hydrogens (tertiary/aromatic N) is 2. The van der Waals surface area contributed by atoms with Crippen LogP contribution in [-0.4, -0.2) is 44.3 Å². The first-order valence-corrected chi connectivity index (χ1v) is 15.2. The number of halogens is 1. The lowest BCUT2D eigenvalue weighted by Gasteiger charge is -2.32. The van der Waals surface area contributed by atoms with E-state index in [2.05, 4.69) is 5.32 Å². The third-order valence-electron chi connectivity index (χ3n) is 6.75. The zero-order valence-electron chi connectivity index (χ0n) is 23.8. The lowest BCUT2D eigenvalue weighted by molar-refractivity contribution is -0.139. The maximum Gasteiger partial charge on any atom is 0.264 e. The van der Waals surface area contributed by atoms with Gasteiger partial charge < -0.3 is 10.2 Å². The molecule has 0 saturated carbocycles. The highest BCUT2D eigenvalue weighted by Gasteiger charge is 2.33. The summed E-state index contributed by atoms with van der Waals surface area (Å²) in [4.78, 5) is 28.6. The lowest BCUT2D eigenvalue weighted by atomic mass is 10.1. The van der Waals surface area contributed by atoms with E-state index in [0.29, 0.717) is 17.3 Å². The molecule has 0 bridgehead atoms. The van der Waals surface area contributed by atoms with E-state index in [0.717, 1.165) is 39.4 Å². The summed E-state index contributed by atoms with van der Waals surface area (Å²) in [5.74, 6) is -0.808. The molecule has 0 aliphatic carbocycles. The Labute approximate surface area is 243 Å². The van der Waals surface area contributed by atoms with Gasteiger partial charge in [-0.1, -0.05) is 72.5 Å². The molecule has 0 aliphatic heterocycles. The number of benzene rings is 3. The normalized spacial score (nSPS) is 12.1. The van der Waals surface area contributed by atoms with Crippen molar-refractivity contribution < 1.29 is 18.0 Å². The monoisotopic (exact) mass is 583 g/mol. The molecule has 3 aromatic carbocycles. The number of carbonyl (C=O) groups is 2. The van der Waals surface area contributed by atoms with Crippen molar-refractivity contribution in [2.45, 2.75) is 64.9 Å². The van der Waals surface area contributed by atoms with Gasteiger partial charge in [-0.2, -0.15) is 0 Å². The van der Waals surface area contributed by atoms with E-state index in [4.69, 9.17) is 11.6 Å². The van der Waals surface area contributed by atoms with Crippen LogP contribution in [0.5, 0.6) is 0 Å². The topological polar surface area (TPSA) is 86.8 Å². The second-order valence-corrected chi connectivity index (χ2v) is 12.4. The van der Waals surface area contributed by atoms with Gasteiger partial charge in [0.2, 0.25) is 11.8 Å². The van der Waals surface area contributed by atoms with Crippen LogP contribution in [0.3, 0.4) is 0 Å². The van der Waals surface area contributed by atoms with Gasteiger partial charge in [-0.15, -0.1) is 0 Å². The first kappa shape index (κ1) is 31.2. The van der Waals surface area contributed by atoms with E-state index in [-0.39, 0.29) is 17.3 Å². The maximum atomic E-state index is 14.0. The molecule has 0 radical (unpaired) electrons. The number of carbonyl (C=O) groups excluding carboxylic acids is 2. The van der Waals surface area contributed by atoms with Crippen LogP contribution in [0.15, 0.2) is 71.6 Å². The lowest BCUT2D eigenvalue weighted by Crippen LogP contribution is -2.51. The quantitative estimate of drug-likeness (QED) is 0.273. The fraction of sp³-hybridized carbons (Fsp3) is 0.355. The van der Waals surface area contributed by atoms with Crippen molar-refractivity contribution >= 4 is 39.1 Å². The van der Waals surface area contributed by atoms with E-state index in [1.54, 1.807) is 55.5 Å². The minimum absolute atomic E-state index is 0.0811. The van der Waals surface area contributed by atoms with Gasteiger partial charge >= 0.3 is 0 Å². The average Bonchev–Trinajstić information content (AvgIpc) is 2.90. The Bertz CT molecular complexity index is 1440. The molecule has 0 saturated heterocycles. The maximum absolute atomic E-state index is 14.0. The Balaban J connectivity index is 2.04. The summed E-state index contributed by atoms with van der Waals surface area (Å²) < 4.78 is 29.1. The van der Waals surface area contributed by atoms with Crippen molar-refractivity contribution in [1.29, 1.82) is 0 Å². The fourth-order valence-electron chi connectivity index (χ4n) is 4.39. The van der Waals surface area contributed by atoms with Gasteiger partial charge in [-0.05, 0) is 75.6 Å². The van der Waals surface area contributed by atoms with Gasteiger partial charge in [0.1, 0.15) is 12.6 Å². The number of rotatable bonds is 12. The zero-order valence-corrected chi connectivity index (χ0v) is 25.3. The third kappa shape index (κ3) is 7.86. The highest BCUT2D eigenvalue weighted by molar-refractivity contribution is 7.92. The predicted octanol–water partition coefficient (Wildman–Crippen LogP) is 5.79. The van der Waals surface area contributed by atoms with Crippen LogP contribution in [-0.2, 0) is 26.2 Å². The SMILES string of the molecule is CCCCNC(=O)[C@H](C)N(Cc1cccc(Cl)c1)C(=O)CN(c1ccc(C)cc1C)S(=O)(=O)c1ccc(C)cc1. The molecule has 0 aliphatic rings. The van der Waals surface area contributed by atoms with Crippen LogP contribution >= 0.6 is 11.6 Å². The fourth-order valence-corrected chi connectivity index (χ4v) is 6.08. The smallest absolute Gasteiger partial charge is 0.264 e. The summed E-state index contributed by atoms with van der Waals surface area (Å²) in [6.45, 7) is 9.41. The molecule has 40 heavy (non-hydrogen) atoms. The van der Waals surface area contributed by atoms with Crippen LogP contribution in [0.4, 0.5) is 5.69 Å². The predicted molar refractivity (Wildman–Crippen MR) is 161 cm³/mol. The van der Waals surface area contributed by atoms with Crippen molar-refractivity contribution in [3.8, 4) is 0 Å². The highest BCUT2D eigenvalue weighted by atomic mass is 35.5. The number of sulfonamides is 1. The summed E-state index contributed by atoms with van der Waals surface area (Å²) in [6.07, 6.45) is 1.73. The molecular formula is C31H38ClN3O4S. The first-order valence-electron chi connectivity index (χ1n) is 13.4. The Kier molecular flexibility index (Phi) is 10.8. The Hall–Kier alpha value is -3.36. The van der Waals surface area contributed by atoms with E-state index in [1.165, 1.54) is 4.90 Å². The van der Waals surface area contributed by atoms with Gasteiger partial charge in [0, 0.05) is 18.1 Å². The van der Waals surface area contributed by atoms with Crippen LogP contribution in [0.25, 0.3) is 0 Å². The first-order chi connectivity index (χ1) is 18.9. The molecule has 0 spiro atoms. The number of unbranched alkanes of at least 4 members (excludes halogenated alkanes) is 1. The number of hydrogen-bond acceptors (Lipinski definition) is 4. The summed E-state index contributed by atoms with van der Waals surface area (Å²) in [7, 11) is -4.11. The minimum atomic E-state index is -4.11. The molecule has 0 unspecified atom stereocenters. The molecule has 0 fully saturated rings. The molecule has 3 aromatic rings. The molecule has 2 amide bonds. The number of nitrogens with one attached hydrogen (secondary N) is 1. The zero-order chi connectivity index (χ0) is 29.4. The van der Waals surface area contributed by atoms with Crippen molar-refractivity contribution in [1.82, 2.24) is 10.2 Å². The van der Waals surface area contributed by atoms with Gasteiger partial charge in [0.25, 0.3) is 10.0 Å². The molecule has 7 nitrogen and oxygen atoms in total. The molecule has 9 heteroatoms. The molecule has 0 aromatic heterocycles. The van der Waals surface area contributed by atoms with Crippen LogP contribution in [0, 0.1) is 20.8 Å². The highest BCUT2D eigenvalue weighted by Crippen LogP contribution is 2.28. The van der Waals surface area contributed by atoms with E-state index >= 15 is 0 Å². The molecule has 214 valence electrons. The Morgan fingerprint density at radius 1 is 0.950 bits per heavy atom. The van der Waals surface area contributed by atoms with Crippen LogP contribution in [0.1, 0.15) is 48.9 Å². The average molecular weight is 584 g/mol. The van der Waals surface area contributed by atoms with E-state index < -0.39 is 28.5 Å². The van der Waals surface area contributed by atoms with Crippen molar-refractivity contribution in [2.75, 3.05) is 17.4 Å². The summed E-state index contributed by atoms with van der Waals surface area (Å²) in [6, 6.07) is 18.2. The second-order valence-electron chi connectivity index (χ2n) is 10.1. The number of aryl methyl sites for hydroxylation is 3. The minimum Gasteiger partial charge on any atom is -0.354 e. The number of anilines is 1. The van der Waals surface area contributed by atoms with E-state index in [9.17, 15) is 18.0 Å². The van der Waals surface area contributed by atoms with Crippen molar-refractivity contribution in [3.63, 3.8) is 0 Å². The van der Waals surface area contributed by atoms with Gasteiger partial charge in [0.15, 0.2) is 0 Å². The van der Waals surface area contributed by atoms with Crippen molar-refractivity contribution in [2.24, 2.45) is 0 Å². The third-order valence-corrected chi connectivity index (χ3v) is 8.76. The van der Waals surface area contributed by atoms with Crippen LogP contribution in [0.2, 0.25) is 5.02 Å². The Morgan fingerprint density at radius 3 is 2.25 bits per heavy atom. The second kappa shape index (κ2) is 13.8.